The molecule has 1 aromatic carbocycles. The maximum Gasteiger partial charge on any atom is 0.134 e. The van der Waals surface area contributed by atoms with Crippen molar-refractivity contribution >= 4 is 5.71 Å². The molecular weight excluding hydrogens is 186 g/mol. The van der Waals surface area contributed by atoms with Crippen LogP contribution in [0.1, 0.15) is 0 Å². The maximum atomic E-state index is 7.77. The summed E-state index contributed by atoms with van der Waals surface area (Å²) in [4.78, 5) is 9.00. The molecular formula is C12H9N3. The standard InChI is InChI=1S/C12H9N3/c13-8-4-3-7-11-12(8)15-10-6-2-1-5-9(10)14-11/h1-7,12-13H. The van der Waals surface area contributed by atoms with Crippen molar-refractivity contribution in [1.82, 2.24) is 0 Å². The summed E-state index contributed by atoms with van der Waals surface area (Å²) in [5.41, 5.74) is 1.37. The van der Waals surface area contributed by atoms with Gasteiger partial charge >= 0.3 is 0 Å². The van der Waals surface area contributed by atoms with Crippen molar-refractivity contribution < 1.29 is 0 Å². The largest absolute Gasteiger partial charge is 0.303 e. The summed E-state index contributed by atoms with van der Waals surface area (Å²) in [6.07, 6.45) is 5.53. The van der Waals surface area contributed by atoms with Crippen LogP contribution in [0.25, 0.3) is 0 Å². The molecule has 0 spiro atoms. The first kappa shape index (κ1) is 8.29. The van der Waals surface area contributed by atoms with Crippen LogP contribution in [0, 0.1) is 5.41 Å². The molecule has 15 heavy (non-hydrogen) atoms. The van der Waals surface area contributed by atoms with Gasteiger partial charge in [-0.3, -0.25) is 4.99 Å². The SMILES string of the molecule is N=C1C=CC=C2N=c3ccccc3=NC12. The van der Waals surface area contributed by atoms with Gasteiger partial charge in [0.15, 0.2) is 0 Å². The molecule has 1 aliphatic carbocycles. The summed E-state index contributed by atoms with van der Waals surface area (Å²) < 4.78 is 0. The molecule has 1 atom stereocenters. The van der Waals surface area contributed by atoms with E-state index in [2.05, 4.69) is 9.98 Å². The number of benzene rings is 1. The van der Waals surface area contributed by atoms with Crippen molar-refractivity contribution in [2.24, 2.45) is 9.98 Å². The zero-order valence-electron chi connectivity index (χ0n) is 8.01. The van der Waals surface area contributed by atoms with E-state index in [0.717, 1.165) is 16.4 Å². The van der Waals surface area contributed by atoms with Crippen LogP contribution in [0.15, 0.2) is 58.2 Å². The molecule has 0 saturated heterocycles. The molecule has 0 radical (unpaired) electrons. The van der Waals surface area contributed by atoms with Gasteiger partial charge in [-0.1, -0.05) is 18.2 Å². The number of rotatable bonds is 0. The highest BCUT2D eigenvalue weighted by Crippen LogP contribution is 2.15. The summed E-state index contributed by atoms with van der Waals surface area (Å²) in [6, 6.07) is 7.56. The topological polar surface area (TPSA) is 48.6 Å². The van der Waals surface area contributed by atoms with E-state index in [1.165, 1.54) is 0 Å². The fourth-order valence-corrected chi connectivity index (χ4v) is 1.77. The molecule has 3 nitrogen and oxygen atoms in total. The fraction of sp³-hybridized carbons (Fsp3) is 0.0833. The summed E-state index contributed by atoms with van der Waals surface area (Å²) >= 11 is 0. The quantitative estimate of drug-likeness (QED) is 0.636. The highest BCUT2D eigenvalue weighted by molar-refractivity contribution is 6.00. The van der Waals surface area contributed by atoms with Crippen LogP contribution in [-0.4, -0.2) is 11.8 Å². The molecule has 1 heterocycles. The lowest BCUT2D eigenvalue weighted by Gasteiger charge is -2.17. The molecule has 1 aromatic rings. The fourth-order valence-electron chi connectivity index (χ4n) is 1.77. The maximum absolute atomic E-state index is 7.77. The van der Waals surface area contributed by atoms with Crippen molar-refractivity contribution in [3.63, 3.8) is 0 Å². The molecule has 2 aliphatic rings. The van der Waals surface area contributed by atoms with Crippen LogP contribution in [0.4, 0.5) is 0 Å². The average molecular weight is 195 g/mol. The number of nitrogens with zero attached hydrogens (tertiary/aromatic N) is 2. The van der Waals surface area contributed by atoms with Gasteiger partial charge in [0.1, 0.15) is 6.04 Å². The van der Waals surface area contributed by atoms with Gasteiger partial charge in [0.2, 0.25) is 0 Å². The molecule has 0 fully saturated rings. The van der Waals surface area contributed by atoms with E-state index in [0.29, 0.717) is 5.71 Å². The number of hydrogen-bond acceptors (Lipinski definition) is 3. The number of para-hydroxylation sites is 2. The van der Waals surface area contributed by atoms with E-state index >= 15 is 0 Å². The van der Waals surface area contributed by atoms with Gasteiger partial charge in [0.05, 0.1) is 22.1 Å². The van der Waals surface area contributed by atoms with Crippen LogP contribution in [0.5, 0.6) is 0 Å². The lowest BCUT2D eigenvalue weighted by atomic mass is 10.0. The zero-order chi connectivity index (χ0) is 10.3. The van der Waals surface area contributed by atoms with Crippen molar-refractivity contribution in [2.75, 3.05) is 0 Å². The Bertz CT molecular complexity index is 608. The number of allylic oxidation sites excluding steroid dienone is 2. The molecule has 1 unspecified atom stereocenters. The minimum Gasteiger partial charge on any atom is -0.303 e. The summed E-state index contributed by atoms with van der Waals surface area (Å²) in [6.45, 7) is 0. The molecule has 3 heteroatoms. The van der Waals surface area contributed by atoms with Crippen LogP contribution < -0.4 is 10.7 Å². The normalized spacial score (nSPS) is 22.0. The molecule has 3 rings (SSSR count). The second-order valence-corrected chi connectivity index (χ2v) is 3.54. The Hall–Kier alpha value is -2.03. The highest BCUT2D eigenvalue weighted by Gasteiger charge is 2.20. The predicted octanol–water partition coefficient (Wildman–Crippen LogP) is 0.781. The van der Waals surface area contributed by atoms with Crippen LogP contribution >= 0.6 is 0 Å². The molecule has 72 valence electrons. The zero-order valence-corrected chi connectivity index (χ0v) is 8.01. The van der Waals surface area contributed by atoms with Crippen molar-refractivity contribution in [3.8, 4) is 0 Å². The van der Waals surface area contributed by atoms with Crippen molar-refractivity contribution in [3.05, 3.63) is 58.9 Å². The molecule has 0 aromatic heterocycles. The first-order chi connectivity index (χ1) is 7.34. The molecule has 1 N–H and O–H groups in total. The Labute approximate surface area is 86.7 Å². The van der Waals surface area contributed by atoms with Crippen molar-refractivity contribution in [2.45, 2.75) is 6.04 Å². The minimum atomic E-state index is -0.204. The smallest absolute Gasteiger partial charge is 0.134 e. The first-order valence-corrected chi connectivity index (χ1v) is 4.83. The third-order valence-corrected chi connectivity index (χ3v) is 2.52. The second kappa shape index (κ2) is 2.98. The van der Waals surface area contributed by atoms with Gasteiger partial charge in [-0.15, -0.1) is 0 Å². The predicted molar refractivity (Wildman–Crippen MR) is 57.5 cm³/mol. The highest BCUT2D eigenvalue weighted by atomic mass is 14.9. The van der Waals surface area contributed by atoms with E-state index in [4.69, 9.17) is 5.41 Å². The lowest BCUT2D eigenvalue weighted by molar-refractivity contribution is 0.867. The van der Waals surface area contributed by atoms with E-state index in [-0.39, 0.29) is 6.04 Å². The van der Waals surface area contributed by atoms with Gasteiger partial charge in [0, 0.05) is 0 Å². The molecule has 0 bridgehead atoms. The number of nitrogens with one attached hydrogen (secondary N) is 1. The Morgan fingerprint density at radius 1 is 1.13 bits per heavy atom. The van der Waals surface area contributed by atoms with E-state index < -0.39 is 0 Å². The summed E-state index contributed by atoms with van der Waals surface area (Å²) in [7, 11) is 0. The van der Waals surface area contributed by atoms with Gasteiger partial charge in [-0.2, -0.15) is 0 Å². The monoisotopic (exact) mass is 195 g/mol. The van der Waals surface area contributed by atoms with Gasteiger partial charge in [-0.25, -0.2) is 4.99 Å². The van der Waals surface area contributed by atoms with Gasteiger partial charge < -0.3 is 5.41 Å². The second-order valence-electron chi connectivity index (χ2n) is 3.54. The molecule has 1 aliphatic heterocycles. The average Bonchev–Trinajstić information content (AvgIpc) is 2.27. The first-order valence-electron chi connectivity index (χ1n) is 4.83. The van der Waals surface area contributed by atoms with Gasteiger partial charge in [-0.05, 0) is 24.3 Å². The Morgan fingerprint density at radius 2 is 1.93 bits per heavy atom. The Morgan fingerprint density at radius 3 is 2.80 bits per heavy atom. The summed E-state index contributed by atoms with van der Waals surface area (Å²) in [5.74, 6) is 0. The van der Waals surface area contributed by atoms with E-state index in [1.807, 2.05) is 36.4 Å². The summed E-state index contributed by atoms with van der Waals surface area (Å²) in [5, 5.41) is 9.54. The van der Waals surface area contributed by atoms with E-state index in [1.54, 1.807) is 6.08 Å². The van der Waals surface area contributed by atoms with Crippen LogP contribution in [0.2, 0.25) is 0 Å². The lowest BCUT2D eigenvalue weighted by Crippen LogP contribution is -2.35. The Balaban J connectivity index is 2.32. The molecule has 0 amide bonds. The van der Waals surface area contributed by atoms with Crippen LogP contribution in [0.3, 0.4) is 0 Å². The van der Waals surface area contributed by atoms with Crippen molar-refractivity contribution in [1.29, 1.82) is 5.41 Å². The molecule has 0 saturated carbocycles. The Kier molecular flexibility index (Phi) is 1.65. The number of fused-ring (bicyclic) bond motifs is 2. The van der Waals surface area contributed by atoms with E-state index in [9.17, 15) is 0 Å². The minimum absolute atomic E-state index is 0.204. The van der Waals surface area contributed by atoms with Crippen LogP contribution in [-0.2, 0) is 0 Å². The van der Waals surface area contributed by atoms with Gasteiger partial charge in [0.25, 0.3) is 0 Å². The number of hydrogen-bond donors (Lipinski definition) is 1. The third-order valence-electron chi connectivity index (χ3n) is 2.52. The third kappa shape index (κ3) is 1.24.